The maximum atomic E-state index is 12.7. The molecule has 7 nitrogen and oxygen atoms in total. The lowest BCUT2D eigenvalue weighted by Gasteiger charge is -2.36. The van der Waals surface area contributed by atoms with Crippen LogP contribution in [0.25, 0.3) is 0 Å². The fraction of sp³-hybridized carbons (Fsp3) is 0.346. The van der Waals surface area contributed by atoms with Gasteiger partial charge in [0.2, 0.25) is 5.95 Å². The third kappa shape index (κ3) is 4.49. The summed E-state index contributed by atoms with van der Waals surface area (Å²) in [6, 6.07) is 16.3. The zero-order valence-electron chi connectivity index (χ0n) is 19.2. The molecule has 0 spiro atoms. The molecule has 0 saturated carbocycles. The monoisotopic (exact) mass is 443 g/mol. The van der Waals surface area contributed by atoms with Crippen molar-refractivity contribution in [1.29, 1.82) is 0 Å². The zero-order valence-corrected chi connectivity index (χ0v) is 19.2. The molecule has 33 heavy (non-hydrogen) atoms. The highest BCUT2D eigenvalue weighted by molar-refractivity contribution is 6.03. The summed E-state index contributed by atoms with van der Waals surface area (Å²) >= 11 is 0. The molecule has 0 bridgehead atoms. The molecule has 2 aliphatic rings. The molecule has 2 heterocycles. The Morgan fingerprint density at radius 3 is 2.45 bits per heavy atom. The van der Waals surface area contributed by atoms with Crippen molar-refractivity contribution in [2.75, 3.05) is 48.4 Å². The molecule has 1 N–H and O–H groups in total. The average molecular weight is 444 g/mol. The fourth-order valence-electron chi connectivity index (χ4n) is 4.49. The fourth-order valence-corrected chi connectivity index (χ4v) is 4.49. The predicted octanol–water partition coefficient (Wildman–Crippen LogP) is 4.38. The number of nitrogens with zero attached hydrogens (tertiary/aromatic N) is 4. The highest BCUT2D eigenvalue weighted by atomic mass is 16.5. The second-order valence-electron chi connectivity index (χ2n) is 8.64. The van der Waals surface area contributed by atoms with E-state index in [9.17, 15) is 4.79 Å². The van der Waals surface area contributed by atoms with Gasteiger partial charge in [0.05, 0.1) is 18.4 Å². The standard InChI is InChI=1S/C26H29N5O2/c1-18-9-11-19(12-10-18)27-25-24-22(7-4-8-23(24)32)28-26(29-25)31-15-13-30(14-16-31)20-5-3-6-21(17-20)33-2/h3,5-6,9-12,17H,4,7-8,13-16H2,1-2H3,(H,27,28,29). The van der Waals surface area contributed by atoms with Crippen LogP contribution >= 0.6 is 0 Å². The van der Waals surface area contributed by atoms with E-state index in [0.29, 0.717) is 23.8 Å². The summed E-state index contributed by atoms with van der Waals surface area (Å²) in [6.45, 7) is 5.42. The topological polar surface area (TPSA) is 70.6 Å². The molecule has 0 amide bonds. The number of hydrogen-bond acceptors (Lipinski definition) is 7. The number of ketones is 1. The van der Waals surface area contributed by atoms with Gasteiger partial charge in [0.15, 0.2) is 5.78 Å². The van der Waals surface area contributed by atoms with E-state index in [-0.39, 0.29) is 5.78 Å². The summed E-state index contributed by atoms with van der Waals surface area (Å²) in [6.07, 6.45) is 2.20. The SMILES string of the molecule is COc1cccc(N2CCN(c3nc4c(c(Nc5ccc(C)cc5)n3)C(=O)CCC4)CC2)c1. The van der Waals surface area contributed by atoms with Gasteiger partial charge in [-0.05, 0) is 44.0 Å². The van der Waals surface area contributed by atoms with E-state index in [1.165, 1.54) is 5.56 Å². The van der Waals surface area contributed by atoms with E-state index in [1.54, 1.807) is 7.11 Å². The first-order valence-electron chi connectivity index (χ1n) is 11.5. The first-order chi connectivity index (χ1) is 16.1. The number of ether oxygens (including phenoxy) is 1. The van der Waals surface area contributed by atoms with Crippen LogP contribution in [0.2, 0.25) is 0 Å². The summed E-state index contributed by atoms with van der Waals surface area (Å²) in [4.78, 5) is 27.0. The van der Waals surface area contributed by atoms with Gasteiger partial charge in [-0.2, -0.15) is 4.98 Å². The van der Waals surface area contributed by atoms with Crippen LogP contribution in [0.4, 0.5) is 23.1 Å². The number of nitrogens with one attached hydrogen (secondary N) is 1. The van der Waals surface area contributed by atoms with E-state index in [4.69, 9.17) is 14.7 Å². The molecular formula is C26H29N5O2. The first-order valence-corrected chi connectivity index (χ1v) is 11.5. The Hall–Kier alpha value is -3.61. The molecule has 0 atom stereocenters. The lowest BCUT2D eigenvalue weighted by molar-refractivity contribution is 0.0972. The van der Waals surface area contributed by atoms with Crippen LogP contribution in [0.1, 0.15) is 34.5 Å². The Morgan fingerprint density at radius 1 is 0.939 bits per heavy atom. The normalized spacial score (nSPS) is 15.9. The molecule has 170 valence electrons. The lowest BCUT2D eigenvalue weighted by Crippen LogP contribution is -2.47. The van der Waals surface area contributed by atoms with Crippen LogP contribution in [0.5, 0.6) is 5.75 Å². The predicted molar refractivity (Wildman–Crippen MR) is 131 cm³/mol. The first kappa shape index (κ1) is 21.2. The van der Waals surface area contributed by atoms with Crippen LogP contribution in [-0.4, -0.2) is 49.0 Å². The number of Topliss-reactive ketones (excluding diaryl/α,β-unsaturated/α-hetero) is 1. The molecule has 7 heteroatoms. The number of aromatic nitrogens is 2. The largest absolute Gasteiger partial charge is 0.497 e. The van der Waals surface area contributed by atoms with Crippen LogP contribution < -0.4 is 19.9 Å². The molecule has 1 fully saturated rings. The smallest absolute Gasteiger partial charge is 0.227 e. The van der Waals surface area contributed by atoms with E-state index in [2.05, 4.69) is 46.3 Å². The van der Waals surface area contributed by atoms with Crippen molar-refractivity contribution in [2.45, 2.75) is 26.2 Å². The molecule has 1 saturated heterocycles. The highest BCUT2D eigenvalue weighted by Crippen LogP contribution is 2.31. The average Bonchev–Trinajstić information content (AvgIpc) is 2.85. The minimum absolute atomic E-state index is 0.125. The van der Waals surface area contributed by atoms with Gasteiger partial charge < -0.3 is 19.9 Å². The minimum Gasteiger partial charge on any atom is -0.497 e. The Balaban J connectivity index is 1.39. The molecule has 0 unspecified atom stereocenters. The van der Waals surface area contributed by atoms with Crippen molar-refractivity contribution in [2.24, 2.45) is 0 Å². The third-order valence-electron chi connectivity index (χ3n) is 6.36. The van der Waals surface area contributed by atoms with E-state index < -0.39 is 0 Å². The van der Waals surface area contributed by atoms with Gasteiger partial charge in [0, 0.05) is 50.0 Å². The lowest BCUT2D eigenvalue weighted by atomic mass is 9.95. The second kappa shape index (κ2) is 9.10. The van der Waals surface area contributed by atoms with Crippen molar-refractivity contribution in [3.05, 3.63) is 65.4 Å². The molecule has 1 aliphatic heterocycles. The van der Waals surface area contributed by atoms with Crippen LogP contribution in [0.15, 0.2) is 48.5 Å². The molecule has 1 aliphatic carbocycles. The quantitative estimate of drug-likeness (QED) is 0.627. The summed E-state index contributed by atoms with van der Waals surface area (Å²) in [5, 5.41) is 3.39. The number of hydrogen-bond donors (Lipinski definition) is 1. The Morgan fingerprint density at radius 2 is 1.70 bits per heavy atom. The van der Waals surface area contributed by atoms with Crippen molar-refractivity contribution in [3.8, 4) is 5.75 Å². The second-order valence-corrected chi connectivity index (χ2v) is 8.64. The van der Waals surface area contributed by atoms with Gasteiger partial charge in [-0.3, -0.25) is 4.79 Å². The molecule has 2 aromatic carbocycles. The summed E-state index contributed by atoms with van der Waals surface area (Å²) < 4.78 is 5.37. The van der Waals surface area contributed by atoms with Gasteiger partial charge in [-0.1, -0.05) is 23.8 Å². The maximum absolute atomic E-state index is 12.7. The zero-order chi connectivity index (χ0) is 22.8. The Bertz CT molecular complexity index is 1150. The summed E-state index contributed by atoms with van der Waals surface area (Å²) in [5.74, 6) is 2.31. The summed E-state index contributed by atoms with van der Waals surface area (Å²) in [7, 11) is 1.69. The third-order valence-corrected chi connectivity index (χ3v) is 6.36. The van der Waals surface area contributed by atoms with Crippen molar-refractivity contribution < 1.29 is 9.53 Å². The molecular weight excluding hydrogens is 414 g/mol. The van der Waals surface area contributed by atoms with Gasteiger partial charge in [-0.15, -0.1) is 0 Å². The van der Waals surface area contributed by atoms with Gasteiger partial charge in [0.25, 0.3) is 0 Å². The number of fused-ring (bicyclic) bond motifs is 1. The molecule has 5 rings (SSSR count). The van der Waals surface area contributed by atoms with Crippen LogP contribution in [-0.2, 0) is 6.42 Å². The number of rotatable bonds is 5. The maximum Gasteiger partial charge on any atom is 0.227 e. The van der Waals surface area contributed by atoms with Gasteiger partial charge in [0.1, 0.15) is 11.6 Å². The van der Waals surface area contributed by atoms with Crippen LogP contribution in [0.3, 0.4) is 0 Å². The van der Waals surface area contributed by atoms with Crippen molar-refractivity contribution in [3.63, 3.8) is 0 Å². The summed E-state index contributed by atoms with van der Waals surface area (Å²) in [5.41, 5.74) is 4.79. The van der Waals surface area contributed by atoms with E-state index in [0.717, 1.165) is 61.8 Å². The van der Waals surface area contributed by atoms with E-state index in [1.807, 2.05) is 24.3 Å². The van der Waals surface area contributed by atoms with E-state index >= 15 is 0 Å². The number of carbonyl (C=O) groups excluding carboxylic acids is 1. The van der Waals surface area contributed by atoms with Crippen molar-refractivity contribution in [1.82, 2.24) is 9.97 Å². The molecule has 3 aromatic rings. The van der Waals surface area contributed by atoms with Crippen molar-refractivity contribution >= 4 is 28.9 Å². The number of benzene rings is 2. The van der Waals surface area contributed by atoms with Crippen LogP contribution in [0, 0.1) is 6.92 Å². The number of methoxy groups -OCH3 is 1. The molecule has 1 aromatic heterocycles. The number of piperazine rings is 1. The number of anilines is 4. The Kier molecular flexibility index (Phi) is 5.86. The molecule has 0 radical (unpaired) electrons. The minimum atomic E-state index is 0.125. The van der Waals surface area contributed by atoms with Gasteiger partial charge in [-0.25, -0.2) is 4.98 Å². The Labute approximate surface area is 194 Å². The number of carbonyl (C=O) groups is 1. The highest BCUT2D eigenvalue weighted by Gasteiger charge is 2.27. The van der Waals surface area contributed by atoms with Gasteiger partial charge >= 0.3 is 0 Å². The number of aryl methyl sites for hydroxylation is 2.